The summed E-state index contributed by atoms with van der Waals surface area (Å²) < 4.78 is 16.8. The molecule has 3 nitrogen and oxygen atoms in total. The van der Waals surface area contributed by atoms with E-state index in [0.29, 0.717) is 12.5 Å². The van der Waals surface area contributed by atoms with E-state index in [4.69, 9.17) is 25.8 Å². The highest BCUT2D eigenvalue weighted by atomic mass is 35.5. The quantitative estimate of drug-likeness (QED) is 0.763. The molecule has 1 saturated heterocycles. The molecule has 1 fully saturated rings. The van der Waals surface area contributed by atoms with Crippen LogP contribution in [0.3, 0.4) is 0 Å². The molecule has 1 aliphatic heterocycles. The van der Waals surface area contributed by atoms with Crippen molar-refractivity contribution in [3.8, 4) is 5.75 Å². The van der Waals surface area contributed by atoms with Crippen molar-refractivity contribution in [1.82, 2.24) is 0 Å². The van der Waals surface area contributed by atoms with E-state index in [2.05, 4.69) is 0 Å². The number of alkyl halides is 1. The second-order valence-corrected chi connectivity index (χ2v) is 4.16. The molecule has 0 aliphatic carbocycles. The number of hydrogen-bond acceptors (Lipinski definition) is 3. The average molecular weight is 243 g/mol. The second kappa shape index (κ2) is 4.62. The number of benzene rings is 1. The van der Waals surface area contributed by atoms with E-state index in [9.17, 15) is 0 Å². The van der Waals surface area contributed by atoms with Gasteiger partial charge in [-0.1, -0.05) is 12.1 Å². The first-order chi connectivity index (χ1) is 7.69. The summed E-state index contributed by atoms with van der Waals surface area (Å²) in [5, 5.41) is 0. The highest BCUT2D eigenvalue weighted by molar-refractivity contribution is 6.18. The fourth-order valence-corrected chi connectivity index (χ4v) is 2.03. The normalized spacial score (nSPS) is 29.3. The molecule has 2 unspecified atom stereocenters. The molecule has 0 N–H and O–H groups in total. The Morgan fingerprint density at radius 3 is 2.88 bits per heavy atom. The lowest BCUT2D eigenvalue weighted by atomic mass is 10.1. The van der Waals surface area contributed by atoms with Gasteiger partial charge in [0.25, 0.3) is 0 Å². The van der Waals surface area contributed by atoms with Crippen molar-refractivity contribution in [2.75, 3.05) is 19.6 Å². The average Bonchev–Trinajstić information content (AvgIpc) is 2.72. The van der Waals surface area contributed by atoms with Gasteiger partial charge in [-0.05, 0) is 19.1 Å². The third-order valence-corrected chi connectivity index (χ3v) is 3.05. The van der Waals surface area contributed by atoms with Crippen molar-refractivity contribution in [1.29, 1.82) is 0 Å². The minimum atomic E-state index is -0.758. The minimum absolute atomic E-state index is 0.0587. The summed E-state index contributed by atoms with van der Waals surface area (Å²) in [7, 11) is 1.64. The van der Waals surface area contributed by atoms with Gasteiger partial charge in [0.1, 0.15) is 5.75 Å². The maximum atomic E-state index is 5.79. The third-order valence-electron chi connectivity index (χ3n) is 2.70. The molecule has 4 heteroatoms. The first kappa shape index (κ1) is 11.7. The first-order valence-electron chi connectivity index (χ1n) is 5.21. The second-order valence-electron chi connectivity index (χ2n) is 3.85. The largest absolute Gasteiger partial charge is 0.496 e. The number of rotatable bonds is 3. The zero-order chi connectivity index (χ0) is 11.6. The van der Waals surface area contributed by atoms with E-state index >= 15 is 0 Å². The molecule has 0 spiro atoms. The van der Waals surface area contributed by atoms with Gasteiger partial charge in [-0.2, -0.15) is 0 Å². The monoisotopic (exact) mass is 242 g/mol. The highest BCUT2D eigenvalue weighted by Gasteiger charge is 2.40. The summed E-state index contributed by atoms with van der Waals surface area (Å²) in [4.78, 5) is 0. The van der Waals surface area contributed by atoms with Crippen molar-refractivity contribution in [2.45, 2.75) is 18.8 Å². The van der Waals surface area contributed by atoms with Crippen LogP contribution in [0.15, 0.2) is 24.3 Å². The van der Waals surface area contributed by atoms with E-state index in [1.165, 1.54) is 0 Å². The SMILES string of the molecule is COc1ccccc1C1(C)OCC(CCl)O1. The minimum Gasteiger partial charge on any atom is -0.496 e. The van der Waals surface area contributed by atoms with Crippen LogP contribution in [0.5, 0.6) is 5.75 Å². The fourth-order valence-electron chi connectivity index (χ4n) is 1.88. The molecule has 1 aromatic rings. The van der Waals surface area contributed by atoms with Gasteiger partial charge in [-0.15, -0.1) is 11.6 Å². The lowest BCUT2D eigenvalue weighted by Crippen LogP contribution is -2.25. The van der Waals surface area contributed by atoms with Gasteiger partial charge in [0.2, 0.25) is 0 Å². The van der Waals surface area contributed by atoms with Crippen molar-refractivity contribution >= 4 is 11.6 Å². The third kappa shape index (κ3) is 2.03. The topological polar surface area (TPSA) is 27.7 Å². The Hall–Kier alpha value is -0.770. The van der Waals surface area contributed by atoms with Crippen LogP contribution in [0.1, 0.15) is 12.5 Å². The summed E-state index contributed by atoms with van der Waals surface area (Å²) in [5.41, 5.74) is 0.894. The molecule has 2 rings (SSSR count). The Bertz CT molecular complexity index is 369. The number of ether oxygens (including phenoxy) is 3. The molecule has 1 aromatic carbocycles. The summed E-state index contributed by atoms with van der Waals surface area (Å²) in [5.74, 6) is 0.442. The van der Waals surface area contributed by atoms with Crippen LogP contribution >= 0.6 is 11.6 Å². The number of halogens is 1. The molecule has 0 amide bonds. The van der Waals surface area contributed by atoms with Crippen molar-refractivity contribution < 1.29 is 14.2 Å². The Kier molecular flexibility index (Phi) is 3.38. The van der Waals surface area contributed by atoms with Gasteiger partial charge in [-0.3, -0.25) is 0 Å². The maximum absolute atomic E-state index is 5.79. The van der Waals surface area contributed by atoms with Crippen LogP contribution in [0, 0.1) is 0 Å². The van der Waals surface area contributed by atoms with E-state index in [1.807, 2.05) is 31.2 Å². The van der Waals surface area contributed by atoms with E-state index in [-0.39, 0.29) is 6.10 Å². The van der Waals surface area contributed by atoms with Crippen LogP contribution in [-0.4, -0.2) is 25.7 Å². The Morgan fingerprint density at radius 2 is 2.25 bits per heavy atom. The molecule has 88 valence electrons. The number of hydrogen-bond donors (Lipinski definition) is 0. The number of methoxy groups -OCH3 is 1. The summed E-state index contributed by atoms with van der Waals surface area (Å²) in [6, 6.07) is 7.68. The van der Waals surface area contributed by atoms with Crippen molar-refractivity contribution in [3.05, 3.63) is 29.8 Å². The number of para-hydroxylation sites is 1. The smallest absolute Gasteiger partial charge is 0.196 e. The van der Waals surface area contributed by atoms with E-state index in [1.54, 1.807) is 7.11 Å². The van der Waals surface area contributed by atoms with Crippen LogP contribution in [0.4, 0.5) is 0 Å². The summed E-state index contributed by atoms with van der Waals surface area (Å²) >= 11 is 5.76. The highest BCUT2D eigenvalue weighted by Crippen LogP contribution is 2.38. The first-order valence-corrected chi connectivity index (χ1v) is 5.74. The summed E-state index contributed by atoms with van der Waals surface area (Å²) in [6.45, 7) is 2.40. The predicted octanol–water partition coefficient (Wildman–Crippen LogP) is 2.52. The van der Waals surface area contributed by atoms with Crippen LogP contribution in [-0.2, 0) is 15.3 Å². The van der Waals surface area contributed by atoms with Gasteiger partial charge in [0.15, 0.2) is 5.79 Å². The zero-order valence-electron chi connectivity index (χ0n) is 9.40. The molecule has 0 bridgehead atoms. The van der Waals surface area contributed by atoms with Crippen LogP contribution in [0.2, 0.25) is 0 Å². The zero-order valence-corrected chi connectivity index (χ0v) is 10.2. The molecule has 1 heterocycles. The fraction of sp³-hybridized carbons (Fsp3) is 0.500. The standard InChI is InChI=1S/C12H15ClO3/c1-12(15-8-9(7-13)16-12)10-5-3-4-6-11(10)14-2/h3-6,9H,7-8H2,1-2H3. The van der Waals surface area contributed by atoms with Gasteiger partial charge >= 0.3 is 0 Å². The Morgan fingerprint density at radius 1 is 1.50 bits per heavy atom. The van der Waals surface area contributed by atoms with Gasteiger partial charge in [0, 0.05) is 0 Å². The van der Waals surface area contributed by atoms with E-state index < -0.39 is 5.79 Å². The predicted molar refractivity (Wildman–Crippen MR) is 61.9 cm³/mol. The van der Waals surface area contributed by atoms with Crippen molar-refractivity contribution in [3.63, 3.8) is 0 Å². The molecular formula is C12H15ClO3. The van der Waals surface area contributed by atoms with E-state index in [0.717, 1.165) is 11.3 Å². The molecule has 0 radical (unpaired) electrons. The molecule has 2 atom stereocenters. The van der Waals surface area contributed by atoms with Crippen LogP contribution < -0.4 is 4.74 Å². The lowest BCUT2D eigenvalue weighted by molar-refractivity contribution is -0.160. The van der Waals surface area contributed by atoms with Gasteiger partial charge in [0.05, 0.1) is 31.3 Å². The Balaban J connectivity index is 2.29. The molecule has 16 heavy (non-hydrogen) atoms. The maximum Gasteiger partial charge on any atom is 0.196 e. The lowest BCUT2D eigenvalue weighted by Gasteiger charge is -2.25. The molecule has 1 aliphatic rings. The molecular weight excluding hydrogens is 228 g/mol. The Labute approximate surface area is 100 Å². The molecule has 0 aromatic heterocycles. The molecule has 0 saturated carbocycles. The van der Waals surface area contributed by atoms with Gasteiger partial charge < -0.3 is 14.2 Å². The summed E-state index contributed by atoms with van der Waals surface area (Å²) in [6.07, 6.45) is -0.0587. The van der Waals surface area contributed by atoms with Crippen molar-refractivity contribution in [2.24, 2.45) is 0 Å². The van der Waals surface area contributed by atoms with Crippen LogP contribution in [0.25, 0.3) is 0 Å². The van der Waals surface area contributed by atoms with Gasteiger partial charge in [-0.25, -0.2) is 0 Å².